The second-order valence-corrected chi connectivity index (χ2v) is 7.72. The Balaban J connectivity index is 2.01. The van der Waals surface area contributed by atoms with Gasteiger partial charge >= 0.3 is 6.18 Å². The van der Waals surface area contributed by atoms with E-state index in [1.807, 2.05) is 49.1 Å². The molecule has 0 aromatic heterocycles. The highest BCUT2D eigenvalue weighted by atomic mass is 19.4. The van der Waals surface area contributed by atoms with Crippen LogP contribution in [0.3, 0.4) is 0 Å². The summed E-state index contributed by atoms with van der Waals surface area (Å²) in [5.41, 5.74) is 3.14. The van der Waals surface area contributed by atoms with Crippen LogP contribution in [0, 0.1) is 0 Å². The monoisotopic (exact) mass is 384 g/mol. The van der Waals surface area contributed by atoms with E-state index in [9.17, 15) is 13.2 Å². The highest BCUT2D eigenvalue weighted by molar-refractivity contribution is 5.80. The maximum atomic E-state index is 13.8. The van der Waals surface area contributed by atoms with Gasteiger partial charge < -0.3 is 9.80 Å². The normalized spacial score (nSPS) is 23.5. The molecule has 0 amide bonds. The summed E-state index contributed by atoms with van der Waals surface area (Å²) in [6.45, 7) is 8.02. The summed E-state index contributed by atoms with van der Waals surface area (Å²) >= 11 is 0. The summed E-state index contributed by atoms with van der Waals surface area (Å²) in [5.74, 6) is 0. The maximum absolute atomic E-state index is 13.8. The van der Waals surface area contributed by atoms with E-state index in [0.717, 1.165) is 28.7 Å². The minimum atomic E-state index is -4.42. The molecule has 1 fully saturated rings. The van der Waals surface area contributed by atoms with Gasteiger partial charge in [-0.15, -0.1) is 0 Å². The molecule has 2 heterocycles. The molecule has 0 spiro atoms. The molecule has 2 aromatic carbocycles. The number of rotatable bonds is 1. The zero-order valence-corrected chi connectivity index (χ0v) is 16.4. The average molecular weight is 384 g/mol. The van der Waals surface area contributed by atoms with Crippen molar-refractivity contribution in [2.75, 3.05) is 9.80 Å². The first-order chi connectivity index (χ1) is 13.2. The second kappa shape index (κ2) is 6.16. The smallest absolute Gasteiger partial charge is 0.317 e. The van der Waals surface area contributed by atoms with Crippen LogP contribution in [-0.4, -0.2) is 6.17 Å². The molecule has 2 aliphatic heterocycles. The minimum Gasteiger partial charge on any atom is -0.317 e. The fraction of sp³-hybridized carbons (Fsp3) is 0.304. The van der Waals surface area contributed by atoms with E-state index in [4.69, 9.17) is 0 Å². The highest BCUT2D eigenvalue weighted by Crippen LogP contribution is 2.56. The Hall–Kier alpha value is -2.69. The van der Waals surface area contributed by atoms with Crippen molar-refractivity contribution in [1.82, 2.24) is 0 Å². The Kier molecular flexibility index (Phi) is 4.11. The van der Waals surface area contributed by atoms with Crippen molar-refractivity contribution in [3.63, 3.8) is 0 Å². The third kappa shape index (κ3) is 2.42. The maximum Gasteiger partial charge on any atom is 0.418 e. The number of fused-ring (bicyclic) bond motifs is 3. The topological polar surface area (TPSA) is 6.48 Å². The summed E-state index contributed by atoms with van der Waals surface area (Å²) in [5, 5.41) is 0. The van der Waals surface area contributed by atoms with E-state index in [2.05, 4.69) is 24.8 Å². The Bertz CT molecular complexity index is 985. The number of para-hydroxylation sites is 2. The van der Waals surface area contributed by atoms with Gasteiger partial charge in [-0.05, 0) is 37.6 Å². The van der Waals surface area contributed by atoms with E-state index in [1.54, 1.807) is 12.1 Å². The second-order valence-electron chi connectivity index (χ2n) is 7.72. The van der Waals surface area contributed by atoms with E-state index in [1.165, 1.54) is 6.07 Å². The summed E-state index contributed by atoms with van der Waals surface area (Å²) in [7, 11) is 0. The summed E-state index contributed by atoms with van der Waals surface area (Å²) in [4.78, 5) is 4.04. The first-order valence-electron chi connectivity index (χ1n) is 9.40. The lowest BCUT2D eigenvalue weighted by Gasteiger charge is -2.37. The van der Waals surface area contributed by atoms with Crippen molar-refractivity contribution >= 4 is 11.4 Å². The van der Waals surface area contributed by atoms with Gasteiger partial charge in [0.1, 0.15) is 6.17 Å². The van der Waals surface area contributed by atoms with Gasteiger partial charge in [-0.1, -0.05) is 56.3 Å². The molecule has 2 nitrogen and oxygen atoms in total. The van der Waals surface area contributed by atoms with Gasteiger partial charge in [0, 0.05) is 11.1 Å². The fourth-order valence-corrected chi connectivity index (χ4v) is 4.66. The number of nitrogens with zero attached hydrogens (tertiary/aromatic N) is 2. The Morgan fingerprint density at radius 1 is 0.821 bits per heavy atom. The molecule has 146 valence electrons. The third-order valence-electron chi connectivity index (χ3n) is 5.79. The van der Waals surface area contributed by atoms with Crippen molar-refractivity contribution in [3.8, 4) is 0 Å². The van der Waals surface area contributed by atoms with Crippen LogP contribution < -0.4 is 9.80 Å². The summed E-state index contributed by atoms with van der Waals surface area (Å²) in [6, 6.07) is 13.9. The quantitative estimate of drug-likeness (QED) is 0.557. The van der Waals surface area contributed by atoms with Crippen molar-refractivity contribution in [1.29, 1.82) is 0 Å². The van der Waals surface area contributed by atoms with E-state index in [-0.39, 0.29) is 17.3 Å². The van der Waals surface area contributed by atoms with E-state index >= 15 is 0 Å². The molecule has 5 heteroatoms. The summed E-state index contributed by atoms with van der Waals surface area (Å²) in [6.07, 6.45) is -0.809. The molecular weight excluding hydrogens is 361 g/mol. The fourth-order valence-electron chi connectivity index (χ4n) is 4.66. The average Bonchev–Trinajstić information content (AvgIpc) is 3.12. The number of alkyl halides is 3. The largest absolute Gasteiger partial charge is 0.418 e. The van der Waals surface area contributed by atoms with Gasteiger partial charge in [-0.25, -0.2) is 0 Å². The SMILES string of the molecule is CC=C1/C(=C\C)N2c3ccccc3C(C)(C)C2N1c1ccccc1C(F)(F)F. The van der Waals surface area contributed by atoms with Gasteiger partial charge in [0.15, 0.2) is 0 Å². The lowest BCUT2D eigenvalue weighted by molar-refractivity contribution is -0.137. The number of allylic oxidation sites excluding steroid dienone is 2. The van der Waals surface area contributed by atoms with Crippen LogP contribution >= 0.6 is 0 Å². The Labute approximate surface area is 163 Å². The molecule has 2 aromatic rings. The van der Waals surface area contributed by atoms with E-state index in [0.29, 0.717) is 0 Å². The molecule has 0 N–H and O–H groups in total. The number of hydrogen-bond donors (Lipinski definition) is 0. The standard InChI is InChI=1S/C23H23F3N2/c1-5-17-18(6-2)28(20-14-10-8-12-16(20)23(24,25)26)21-22(3,4)15-11-7-9-13-19(15)27(17)21/h5-14,21H,1-4H3/b17-5+,18-6?. The van der Waals surface area contributed by atoms with Crippen molar-refractivity contribution in [3.05, 3.63) is 83.2 Å². The third-order valence-corrected chi connectivity index (χ3v) is 5.79. The molecule has 0 saturated carbocycles. The first-order valence-corrected chi connectivity index (χ1v) is 9.40. The zero-order chi connectivity index (χ0) is 20.3. The summed E-state index contributed by atoms with van der Waals surface area (Å²) < 4.78 is 41.5. The highest BCUT2D eigenvalue weighted by Gasteiger charge is 2.55. The number of halogens is 3. The Morgan fingerprint density at radius 3 is 1.89 bits per heavy atom. The van der Waals surface area contributed by atoms with Crippen LogP contribution in [0.4, 0.5) is 24.5 Å². The molecule has 2 aliphatic rings. The van der Waals surface area contributed by atoms with Crippen LogP contribution in [-0.2, 0) is 11.6 Å². The van der Waals surface area contributed by atoms with Crippen LogP contribution in [0.15, 0.2) is 72.1 Å². The van der Waals surface area contributed by atoms with Gasteiger partial charge in [0.2, 0.25) is 0 Å². The van der Waals surface area contributed by atoms with Crippen molar-refractivity contribution < 1.29 is 13.2 Å². The zero-order valence-electron chi connectivity index (χ0n) is 16.4. The first kappa shape index (κ1) is 18.7. The lowest BCUT2D eigenvalue weighted by atomic mass is 9.83. The Morgan fingerprint density at radius 2 is 1.32 bits per heavy atom. The van der Waals surface area contributed by atoms with Crippen molar-refractivity contribution in [2.45, 2.75) is 45.5 Å². The number of benzene rings is 2. The molecule has 0 aliphatic carbocycles. The predicted molar refractivity (Wildman–Crippen MR) is 107 cm³/mol. The van der Waals surface area contributed by atoms with E-state index < -0.39 is 11.7 Å². The van der Waals surface area contributed by atoms with Gasteiger partial charge in [0.25, 0.3) is 0 Å². The van der Waals surface area contributed by atoms with Gasteiger partial charge in [-0.2, -0.15) is 13.2 Å². The number of hydrogen-bond acceptors (Lipinski definition) is 2. The lowest BCUT2D eigenvalue weighted by Crippen LogP contribution is -2.47. The molecular formula is C23H23F3N2. The molecule has 1 saturated heterocycles. The predicted octanol–water partition coefficient (Wildman–Crippen LogP) is 6.46. The molecule has 28 heavy (non-hydrogen) atoms. The van der Waals surface area contributed by atoms with Crippen LogP contribution in [0.25, 0.3) is 0 Å². The van der Waals surface area contributed by atoms with Crippen LogP contribution in [0.5, 0.6) is 0 Å². The van der Waals surface area contributed by atoms with Crippen LogP contribution in [0.2, 0.25) is 0 Å². The minimum absolute atomic E-state index is 0.191. The van der Waals surface area contributed by atoms with Crippen LogP contribution in [0.1, 0.15) is 38.8 Å². The molecule has 1 unspecified atom stereocenters. The van der Waals surface area contributed by atoms with Gasteiger partial charge in [-0.3, -0.25) is 0 Å². The van der Waals surface area contributed by atoms with Gasteiger partial charge in [0.05, 0.1) is 22.6 Å². The molecule has 1 atom stereocenters. The molecule has 0 radical (unpaired) electrons. The molecule has 0 bridgehead atoms. The van der Waals surface area contributed by atoms with Crippen molar-refractivity contribution in [2.24, 2.45) is 0 Å². The number of anilines is 2. The molecule has 4 rings (SSSR count).